The van der Waals surface area contributed by atoms with Crippen molar-refractivity contribution in [3.8, 4) is 5.75 Å². The highest BCUT2D eigenvalue weighted by atomic mass is 35.5. The van der Waals surface area contributed by atoms with Crippen LogP contribution in [0.3, 0.4) is 0 Å². The van der Waals surface area contributed by atoms with Crippen LogP contribution >= 0.6 is 11.6 Å². The van der Waals surface area contributed by atoms with Gasteiger partial charge in [-0.05, 0) is 58.5 Å². The number of aromatic nitrogens is 2. The first-order valence-electron chi connectivity index (χ1n) is 10.5. The molecule has 0 atom stereocenters. The van der Waals surface area contributed by atoms with Crippen LogP contribution in [0.15, 0.2) is 72.9 Å². The maximum atomic E-state index is 10.9. The van der Waals surface area contributed by atoms with Crippen LogP contribution in [0.1, 0.15) is 35.6 Å². The molecular formula is C27H23ClN2O3. The van der Waals surface area contributed by atoms with Crippen molar-refractivity contribution in [1.29, 1.82) is 0 Å². The Kier molecular flexibility index (Phi) is 6.61. The molecule has 0 amide bonds. The first-order valence-corrected chi connectivity index (χ1v) is 10.9. The largest absolute Gasteiger partial charge is 0.495 e. The Hall–Kier alpha value is -3.83. The van der Waals surface area contributed by atoms with Crippen LogP contribution in [0.4, 0.5) is 0 Å². The van der Waals surface area contributed by atoms with E-state index in [4.69, 9.17) is 21.4 Å². The molecule has 0 unspecified atom stereocenters. The van der Waals surface area contributed by atoms with Crippen LogP contribution < -0.4 is 4.74 Å². The fourth-order valence-electron chi connectivity index (χ4n) is 3.95. The van der Waals surface area contributed by atoms with Gasteiger partial charge in [-0.3, -0.25) is 5.10 Å². The number of H-pyrrole nitrogens is 1. The fourth-order valence-corrected chi connectivity index (χ4v) is 4.26. The summed E-state index contributed by atoms with van der Waals surface area (Å²) in [6.07, 6.45) is 5.26. The Morgan fingerprint density at radius 3 is 2.58 bits per heavy atom. The molecule has 1 aromatic heterocycles. The SMILES string of the molecule is CC/C(=C(/c1ccc(/C=C/C(=O)O)cc1)c1ccc2[nH]ncc2c1)c1cccc(OC)c1Cl. The molecule has 3 aromatic carbocycles. The number of carbonyl (C=O) groups is 1. The lowest BCUT2D eigenvalue weighted by Gasteiger charge is -2.18. The number of ether oxygens (including phenoxy) is 1. The zero-order valence-corrected chi connectivity index (χ0v) is 19.1. The maximum Gasteiger partial charge on any atom is 0.328 e. The number of nitrogens with one attached hydrogen (secondary N) is 1. The lowest BCUT2D eigenvalue weighted by Crippen LogP contribution is -1.97. The van der Waals surface area contributed by atoms with E-state index in [2.05, 4.69) is 29.3 Å². The van der Waals surface area contributed by atoms with Gasteiger partial charge in [0.15, 0.2) is 0 Å². The minimum Gasteiger partial charge on any atom is -0.495 e. The predicted molar refractivity (Wildman–Crippen MR) is 133 cm³/mol. The summed E-state index contributed by atoms with van der Waals surface area (Å²) in [7, 11) is 1.61. The van der Waals surface area contributed by atoms with E-state index in [9.17, 15) is 4.79 Å². The number of fused-ring (bicyclic) bond motifs is 1. The average Bonchev–Trinajstić information content (AvgIpc) is 3.30. The van der Waals surface area contributed by atoms with Crippen molar-refractivity contribution in [2.24, 2.45) is 0 Å². The molecule has 166 valence electrons. The molecule has 0 aliphatic heterocycles. The van der Waals surface area contributed by atoms with Crippen LogP contribution in [0, 0.1) is 0 Å². The second kappa shape index (κ2) is 9.76. The van der Waals surface area contributed by atoms with Crippen molar-refractivity contribution in [2.75, 3.05) is 7.11 Å². The number of carboxylic acids is 1. The molecule has 0 fully saturated rings. The molecule has 4 rings (SSSR count). The van der Waals surface area contributed by atoms with Crippen LogP contribution in [0.5, 0.6) is 5.75 Å². The van der Waals surface area contributed by atoms with Crippen molar-refractivity contribution in [2.45, 2.75) is 13.3 Å². The molecule has 0 saturated carbocycles. The smallest absolute Gasteiger partial charge is 0.328 e. The Balaban J connectivity index is 1.95. The Labute approximate surface area is 197 Å². The number of aliphatic carboxylic acids is 1. The summed E-state index contributed by atoms with van der Waals surface area (Å²) in [5, 5.41) is 17.6. The number of methoxy groups -OCH3 is 1. The minimum absolute atomic E-state index is 0.569. The molecule has 0 aliphatic rings. The lowest BCUT2D eigenvalue weighted by atomic mass is 9.87. The highest BCUT2D eigenvalue weighted by Crippen LogP contribution is 2.40. The summed E-state index contributed by atoms with van der Waals surface area (Å²) in [6.45, 7) is 2.10. The summed E-state index contributed by atoms with van der Waals surface area (Å²) in [4.78, 5) is 10.9. The number of benzene rings is 3. The first-order chi connectivity index (χ1) is 16.0. The van der Waals surface area contributed by atoms with Crippen LogP contribution in [-0.4, -0.2) is 28.4 Å². The number of nitrogens with zero attached hydrogens (tertiary/aromatic N) is 1. The van der Waals surface area contributed by atoms with Gasteiger partial charge in [0.05, 0.1) is 23.8 Å². The summed E-state index contributed by atoms with van der Waals surface area (Å²) in [5.74, 6) is -0.354. The van der Waals surface area contributed by atoms with Gasteiger partial charge in [0, 0.05) is 17.0 Å². The van der Waals surface area contributed by atoms with E-state index in [1.54, 1.807) is 19.4 Å². The standard InChI is InChI=1S/C27H23ClN2O3/c1-3-21(22-5-4-6-24(33-2)27(22)28)26(19-12-13-23-20(15-19)16-29-30-23)18-10-7-17(8-11-18)9-14-25(31)32/h4-16H,3H2,1-2H3,(H,29,30)(H,31,32)/b14-9+,26-21+. The number of allylic oxidation sites excluding steroid dienone is 1. The molecule has 4 aromatic rings. The molecule has 2 N–H and O–H groups in total. The van der Waals surface area contributed by atoms with E-state index in [0.717, 1.165) is 56.8 Å². The molecule has 1 heterocycles. The van der Waals surface area contributed by atoms with Crippen molar-refractivity contribution in [1.82, 2.24) is 10.2 Å². The second-order valence-electron chi connectivity index (χ2n) is 7.49. The Bertz CT molecular complexity index is 1370. The Morgan fingerprint density at radius 2 is 1.88 bits per heavy atom. The molecule has 0 bridgehead atoms. The third-order valence-corrected chi connectivity index (χ3v) is 5.90. The number of hydrogen-bond acceptors (Lipinski definition) is 3. The molecule has 0 spiro atoms. The fraction of sp³-hybridized carbons (Fsp3) is 0.111. The van der Waals surface area contributed by atoms with Gasteiger partial charge >= 0.3 is 5.97 Å². The van der Waals surface area contributed by atoms with Gasteiger partial charge in [0.2, 0.25) is 0 Å². The van der Waals surface area contributed by atoms with Crippen LogP contribution in [0.2, 0.25) is 5.02 Å². The highest BCUT2D eigenvalue weighted by molar-refractivity contribution is 6.34. The van der Waals surface area contributed by atoms with E-state index in [-0.39, 0.29) is 0 Å². The van der Waals surface area contributed by atoms with Crippen molar-refractivity contribution in [3.05, 3.63) is 100 Å². The number of rotatable bonds is 7. The van der Waals surface area contributed by atoms with E-state index in [1.807, 2.05) is 48.5 Å². The normalized spacial score (nSPS) is 12.2. The van der Waals surface area contributed by atoms with Crippen molar-refractivity contribution < 1.29 is 14.6 Å². The van der Waals surface area contributed by atoms with Gasteiger partial charge in [-0.2, -0.15) is 5.10 Å². The zero-order valence-electron chi connectivity index (χ0n) is 18.3. The lowest BCUT2D eigenvalue weighted by molar-refractivity contribution is -0.131. The summed E-state index contributed by atoms with van der Waals surface area (Å²) < 4.78 is 5.46. The molecule has 33 heavy (non-hydrogen) atoms. The minimum atomic E-state index is -0.978. The van der Waals surface area contributed by atoms with E-state index < -0.39 is 5.97 Å². The molecule has 6 heteroatoms. The van der Waals surface area contributed by atoms with E-state index in [0.29, 0.717) is 10.8 Å². The van der Waals surface area contributed by atoms with E-state index in [1.165, 1.54) is 0 Å². The predicted octanol–water partition coefficient (Wildman–Crippen LogP) is 6.69. The highest BCUT2D eigenvalue weighted by Gasteiger charge is 2.17. The monoisotopic (exact) mass is 458 g/mol. The topological polar surface area (TPSA) is 75.2 Å². The number of halogens is 1. The van der Waals surface area contributed by atoms with Crippen LogP contribution in [0.25, 0.3) is 28.1 Å². The summed E-state index contributed by atoms with van der Waals surface area (Å²) in [6, 6.07) is 19.8. The number of aromatic amines is 1. The van der Waals surface area contributed by atoms with Crippen LogP contribution in [-0.2, 0) is 4.79 Å². The van der Waals surface area contributed by atoms with Gasteiger partial charge in [0.25, 0.3) is 0 Å². The molecule has 0 radical (unpaired) electrons. The van der Waals surface area contributed by atoms with Gasteiger partial charge in [0.1, 0.15) is 5.75 Å². The average molecular weight is 459 g/mol. The summed E-state index contributed by atoms with van der Waals surface area (Å²) in [5.41, 5.74) is 6.85. The van der Waals surface area contributed by atoms with Gasteiger partial charge in [-0.15, -0.1) is 0 Å². The third-order valence-electron chi connectivity index (χ3n) is 5.51. The molecule has 0 aliphatic carbocycles. The first kappa shape index (κ1) is 22.4. The molecular weight excluding hydrogens is 436 g/mol. The van der Waals surface area contributed by atoms with Gasteiger partial charge in [-0.25, -0.2) is 4.79 Å². The van der Waals surface area contributed by atoms with E-state index >= 15 is 0 Å². The summed E-state index contributed by atoms with van der Waals surface area (Å²) >= 11 is 6.74. The third kappa shape index (κ3) is 4.69. The van der Waals surface area contributed by atoms with Gasteiger partial charge in [-0.1, -0.05) is 61.0 Å². The molecule has 0 saturated heterocycles. The number of carboxylic acid groups (broad SMARTS) is 1. The molecule has 5 nitrogen and oxygen atoms in total. The van der Waals surface area contributed by atoms with Crippen molar-refractivity contribution >= 4 is 45.7 Å². The van der Waals surface area contributed by atoms with Crippen molar-refractivity contribution in [3.63, 3.8) is 0 Å². The number of hydrogen-bond donors (Lipinski definition) is 2. The zero-order chi connectivity index (χ0) is 23.4. The second-order valence-corrected chi connectivity index (χ2v) is 7.87. The maximum absolute atomic E-state index is 10.9. The Morgan fingerprint density at radius 1 is 1.12 bits per heavy atom. The van der Waals surface area contributed by atoms with Gasteiger partial charge < -0.3 is 9.84 Å². The quantitative estimate of drug-likeness (QED) is 0.239.